The number of benzene rings is 1. The molecule has 0 unspecified atom stereocenters. The van der Waals surface area contributed by atoms with E-state index >= 15 is 0 Å². The van der Waals surface area contributed by atoms with Gasteiger partial charge in [0.2, 0.25) is 0 Å². The molecule has 19 heavy (non-hydrogen) atoms. The van der Waals surface area contributed by atoms with Crippen molar-refractivity contribution >= 4 is 32.2 Å². The molecular weight excluding hydrogens is 336 g/mol. The lowest BCUT2D eigenvalue weighted by molar-refractivity contribution is 0.121. The van der Waals surface area contributed by atoms with Crippen LogP contribution in [0.4, 0.5) is 4.79 Å². The van der Waals surface area contributed by atoms with E-state index in [4.69, 9.17) is 0 Å². The molecule has 0 fully saturated rings. The van der Waals surface area contributed by atoms with Crippen molar-refractivity contribution in [3.8, 4) is 0 Å². The van der Waals surface area contributed by atoms with Gasteiger partial charge < -0.3 is 4.74 Å². The van der Waals surface area contributed by atoms with Crippen molar-refractivity contribution in [2.45, 2.75) is 26.5 Å². The highest BCUT2D eigenvalue weighted by molar-refractivity contribution is 9.10. The molecule has 1 aromatic rings. The number of ether oxygens (including phenoxy) is 1. The number of hydrogen-bond acceptors (Lipinski definition) is 4. The molecule has 0 heterocycles. The lowest BCUT2D eigenvalue weighted by Crippen LogP contribution is -2.40. The maximum atomic E-state index is 11.5. The highest BCUT2D eigenvalue weighted by Crippen LogP contribution is 2.11. The van der Waals surface area contributed by atoms with E-state index in [-0.39, 0.29) is 12.6 Å². The maximum Gasteiger partial charge on any atom is 0.422 e. The highest BCUT2D eigenvalue weighted by atomic mass is 79.9. The molecule has 0 spiro atoms. The lowest BCUT2D eigenvalue weighted by atomic mass is 10.2. The Bertz CT molecular complexity index is 545. The van der Waals surface area contributed by atoms with Crippen molar-refractivity contribution in [1.82, 2.24) is 9.44 Å². The average molecular weight is 351 g/mol. The monoisotopic (exact) mass is 350 g/mol. The number of halogens is 1. The summed E-state index contributed by atoms with van der Waals surface area (Å²) in [4.78, 5) is 11.2. The van der Waals surface area contributed by atoms with Crippen LogP contribution >= 0.6 is 15.9 Å². The van der Waals surface area contributed by atoms with Crippen LogP contribution in [-0.2, 0) is 21.5 Å². The van der Waals surface area contributed by atoms with Gasteiger partial charge in [-0.25, -0.2) is 9.52 Å². The molecule has 1 aromatic carbocycles. The molecule has 1 amide bonds. The summed E-state index contributed by atoms with van der Waals surface area (Å²) in [5.41, 5.74) is 0.761. The van der Waals surface area contributed by atoms with Crippen molar-refractivity contribution in [3.05, 3.63) is 34.3 Å². The third-order valence-corrected chi connectivity index (χ3v) is 3.37. The van der Waals surface area contributed by atoms with E-state index in [1.54, 1.807) is 36.8 Å². The first-order valence-corrected chi connectivity index (χ1v) is 7.78. The summed E-state index contributed by atoms with van der Waals surface area (Å²) in [6.07, 6.45) is -1.39. The molecule has 0 aliphatic heterocycles. The van der Waals surface area contributed by atoms with Gasteiger partial charge in [-0.3, -0.25) is 0 Å². The molecule has 1 rings (SSSR count). The first-order chi connectivity index (χ1) is 8.78. The van der Waals surface area contributed by atoms with Crippen molar-refractivity contribution in [3.63, 3.8) is 0 Å². The molecule has 6 nitrogen and oxygen atoms in total. The van der Waals surface area contributed by atoms with E-state index in [1.807, 2.05) is 6.07 Å². The summed E-state index contributed by atoms with van der Waals surface area (Å²) in [7, 11) is -3.93. The third kappa shape index (κ3) is 6.55. The maximum absolute atomic E-state index is 11.5. The minimum atomic E-state index is -3.93. The van der Waals surface area contributed by atoms with E-state index < -0.39 is 16.3 Å². The summed E-state index contributed by atoms with van der Waals surface area (Å²) in [6, 6.07) is 7.15. The van der Waals surface area contributed by atoms with Crippen LogP contribution in [0.5, 0.6) is 0 Å². The third-order valence-electron chi connectivity index (χ3n) is 1.92. The van der Waals surface area contributed by atoms with Crippen LogP contribution in [0.2, 0.25) is 0 Å². The molecular formula is C11H15BrN2O4S. The Morgan fingerprint density at radius 1 is 1.42 bits per heavy atom. The molecule has 0 saturated carbocycles. The van der Waals surface area contributed by atoms with Gasteiger partial charge in [-0.2, -0.15) is 13.1 Å². The molecule has 0 bridgehead atoms. The summed E-state index contributed by atoms with van der Waals surface area (Å²) < 4.78 is 32.6. The van der Waals surface area contributed by atoms with Crippen LogP contribution in [0.1, 0.15) is 19.4 Å². The van der Waals surface area contributed by atoms with Crippen molar-refractivity contribution in [2.24, 2.45) is 0 Å². The van der Waals surface area contributed by atoms with Crippen LogP contribution in [0.15, 0.2) is 28.7 Å². The normalized spacial score (nSPS) is 11.4. The fourth-order valence-corrected chi connectivity index (χ4v) is 2.35. The van der Waals surface area contributed by atoms with Gasteiger partial charge in [-0.1, -0.05) is 28.1 Å². The van der Waals surface area contributed by atoms with Crippen LogP contribution in [0.25, 0.3) is 0 Å². The van der Waals surface area contributed by atoms with Crippen LogP contribution < -0.4 is 9.44 Å². The summed E-state index contributed by atoms with van der Waals surface area (Å²) in [5, 5.41) is 0. The fourth-order valence-electron chi connectivity index (χ4n) is 1.21. The van der Waals surface area contributed by atoms with E-state index in [0.29, 0.717) is 0 Å². The average Bonchev–Trinajstić information content (AvgIpc) is 2.24. The van der Waals surface area contributed by atoms with E-state index in [9.17, 15) is 13.2 Å². The Balaban J connectivity index is 2.54. The number of carbonyl (C=O) groups excluding carboxylic acids is 1. The quantitative estimate of drug-likeness (QED) is 0.849. The lowest BCUT2D eigenvalue weighted by Gasteiger charge is -2.11. The predicted molar refractivity (Wildman–Crippen MR) is 74.7 cm³/mol. The Labute approximate surface area is 120 Å². The van der Waals surface area contributed by atoms with E-state index in [1.165, 1.54) is 0 Å². The summed E-state index contributed by atoms with van der Waals surface area (Å²) in [5.74, 6) is 0. The van der Waals surface area contributed by atoms with Crippen LogP contribution in [0.3, 0.4) is 0 Å². The van der Waals surface area contributed by atoms with Crippen molar-refractivity contribution in [1.29, 1.82) is 0 Å². The molecule has 0 atom stereocenters. The first-order valence-electron chi connectivity index (χ1n) is 5.51. The van der Waals surface area contributed by atoms with Gasteiger partial charge in [0.1, 0.15) is 0 Å². The second-order valence-electron chi connectivity index (χ2n) is 4.01. The van der Waals surface area contributed by atoms with Gasteiger partial charge in [0, 0.05) is 11.0 Å². The van der Waals surface area contributed by atoms with E-state index in [2.05, 4.69) is 25.4 Å². The standard InChI is InChI=1S/C11H15BrN2O4S/c1-8(2)18-11(15)14-19(16,17)13-7-9-4-3-5-10(12)6-9/h3-6,8,13H,7H2,1-2H3,(H,14,15). The highest BCUT2D eigenvalue weighted by Gasteiger charge is 2.15. The smallest absolute Gasteiger partial charge is 0.422 e. The minimum absolute atomic E-state index is 0.0731. The van der Waals surface area contributed by atoms with Gasteiger partial charge in [-0.15, -0.1) is 0 Å². The number of carbonyl (C=O) groups is 1. The topological polar surface area (TPSA) is 84.5 Å². The molecule has 0 saturated heterocycles. The summed E-state index contributed by atoms with van der Waals surface area (Å²) in [6.45, 7) is 3.33. The largest absolute Gasteiger partial charge is 0.446 e. The van der Waals surface area contributed by atoms with Gasteiger partial charge >= 0.3 is 16.3 Å². The number of rotatable bonds is 5. The Kier molecular flexibility index (Phi) is 5.77. The Hall–Kier alpha value is -1.12. The first kappa shape index (κ1) is 15.9. The van der Waals surface area contributed by atoms with Crippen molar-refractivity contribution in [2.75, 3.05) is 0 Å². The number of hydrogen-bond donors (Lipinski definition) is 2. The van der Waals surface area contributed by atoms with Crippen molar-refractivity contribution < 1.29 is 17.9 Å². The number of nitrogens with one attached hydrogen (secondary N) is 2. The molecule has 0 radical (unpaired) electrons. The fraction of sp³-hybridized carbons (Fsp3) is 0.364. The molecule has 0 aliphatic rings. The molecule has 2 N–H and O–H groups in total. The van der Waals surface area contributed by atoms with E-state index in [0.717, 1.165) is 10.0 Å². The van der Waals surface area contributed by atoms with Gasteiger partial charge in [0.25, 0.3) is 0 Å². The SMILES string of the molecule is CC(C)OC(=O)NS(=O)(=O)NCc1cccc(Br)c1. The van der Waals surface area contributed by atoms with Gasteiger partial charge in [-0.05, 0) is 31.5 Å². The number of amides is 1. The second-order valence-corrected chi connectivity index (χ2v) is 6.43. The van der Waals surface area contributed by atoms with Crippen LogP contribution in [0, 0.1) is 0 Å². The Morgan fingerprint density at radius 2 is 2.11 bits per heavy atom. The van der Waals surface area contributed by atoms with Gasteiger partial charge in [0.15, 0.2) is 0 Å². The Morgan fingerprint density at radius 3 is 2.68 bits per heavy atom. The molecule has 0 aliphatic carbocycles. The summed E-state index contributed by atoms with van der Waals surface area (Å²) >= 11 is 3.28. The predicted octanol–water partition coefficient (Wildman–Crippen LogP) is 1.92. The zero-order chi connectivity index (χ0) is 14.5. The molecule has 106 valence electrons. The molecule has 0 aromatic heterocycles. The molecule has 8 heteroatoms. The van der Waals surface area contributed by atoms with Gasteiger partial charge in [0.05, 0.1) is 6.10 Å². The minimum Gasteiger partial charge on any atom is -0.446 e. The zero-order valence-corrected chi connectivity index (χ0v) is 12.9. The zero-order valence-electron chi connectivity index (χ0n) is 10.5. The van der Waals surface area contributed by atoms with Crippen LogP contribution in [-0.4, -0.2) is 20.6 Å². The second kappa shape index (κ2) is 6.88.